The maximum absolute atomic E-state index is 11.9. The maximum atomic E-state index is 11.9. The standard InChI is InChI=1S/C14H23NO4/c1-13(2,3)19-12(18)15-14(7-8-14)10-6-4-5-9(10)11(16)17/h9-10H,4-8H2,1-3H3,(H,15,18)(H,16,17). The quantitative estimate of drug-likeness (QED) is 0.825. The minimum Gasteiger partial charge on any atom is -0.481 e. The molecule has 2 aliphatic carbocycles. The zero-order chi connectivity index (χ0) is 14.3. The van der Waals surface area contributed by atoms with Gasteiger partial charge in [-0.25, -0.2) is 4.79 Å². The van der Waals surface area contributed by atoms with Crippen molar-refractivity contribution in [2.45, 2.75) is 64.0 Å². The molecule has 19 heavy (non-hydrogen) atoms. The van der Waals surface area contributed by atoms with E-state index in [1.54, 1.807) is 0 Å². The Morgan fingerprint density at radius 2 is 1.89 bits per heavy atom. The van der Waals surface area contributed by atoms with Gasteiger partial charge in [0.25, 0.3) is 0 Å². The molecule has 2 aliphatic rings. The second kappa shape index (κ2) is 4.69. The van der Waals surface area contributed by atoms with Gasteiger partial charge in [-0.15, -0.1) is 0 Å². The summed E-state index contributed by atoms with van der Waals surface area (Å²) in [6.07, 6.45) is 3.83. The van der Waals surface area contributed by atoms with Crippen LogP contribution in [0.4, 0.5) is 4.79 Å². The normalized spacial score (nSPS) is 28.8. The van der Waals surface area contributed by atoms with Gasteiger partial charge in [-0.1, -0.05) is 6.42 Å². The van der Waals surface area contributed by atoms with Gasteiger partial charge >= 0.3 is 12.1 Å². The summed E-state index contributed by atoms with van der Waals surface area (Å²) in [4.78, 5) is 23.1. The number of alkyl carbamates (subject to hydrolysis) is 1. The lowest BCUT2D eigenvalue weighted by atomic mass is 9.87. The molecule has 5 heteroatoms. The summed E-state index contributed by atoms with van der Waals surface area (Å²) in [6, 6.07) is 0. The summed E-state index contributed by atoms with van der Waals surface area (Å²) in [5.74, 6) is -1.00. The van der Waals surface area contributed by atoms with E-state index in [1.165, 1.54) is 0 Å². The molecule has 0 aromatic heterocycles. The summed E-state index contributed by atoms with van der Waals surface area (Å²) >= 11 is 0. The Morgan fingerprint density at radius 3 is 2.37 bits per heavy atom. The number of ether oxygens (including phenoxy) is 1. The first-order valence-electron chi connectivity index (χ1n) is 6.97. The van der Waals surface area contributed by atoms with Gasteiger partial charge in [0.15, 0.2) is 0 Å². The van der Waals surface area contributed by atoms with Crippen LogP contribution >= 0.6 is 0 Å². The van der Waals surface area contributed by atoms with Crippen molar-refractivity contribution in [2.24, 2.45) is 11.8 Å². The Bertz CT molecular complexity index is 381. The Labute approximate surface area is 113 Å². The van der Waals surface area contributed by atoms with Crippen LogP contribution < -0.4 is 5.32 Å². The minimum absolute atomic E-state index is 0.0533. The molecule has 0 aromatic rings. The summed E-state index contributed by atoms with van der Waals surface area (Å²) in [7, 11) is 0. The number of carboxylic acid groups (broad SMARTS) is 1. The van der Waals surface area contributed by atoms with E-state index < -0.39 is 17.7 Å². The SMILES string of the molecule is CC(C)(C)OC(=O)NC1(C2CCCC2C(=O)O)CC1. The smallest absolute Gasteiger partial charge is 0.408 e. The minimum atomic E-state index is -0.736. The molecule has 108 valence electrons. The highest BCUT2D eigenvalue weighted by Crippen LogP contribution is 2.51. The topological polar surface area (TPSA) is 75.6 Å². The third-order valence-corrected chi connectivity index (χ3v) is 4.08. The summed E-state index contributed by atoms with van der Waals surface area (Å²) in [5, 5.41) is 12.2. The average molecular weight is 269 g/mol. The molecular formula is C14H23NO4. The van der Waals surface area contributed by atoms with E-state index in [9.17, 15) is 14.7 Å². The number of carbonyl (C=O) groups excluding carboxylic acids is 1. The number of rotatable bonds is 3. The highest BCUT2D eigenvalue weighted by Gasteiger charge is 2.56. The molecule has 0 spiro atoms. The van der Waals surface area contributed by atoms with Gasteiger partial charge in [-0.2, -0.15) is 0 Å². The molecule has 0 aliphatic heterocycles. The predicted molar refractivity (Wildman–Crippen MR) is 69.8 cm³/mol. The van der Waals surface area contributed by atoms with Gasteiger partial charge in [0, 0.05) is 5.54 Å². The Morgan fingerprint density at radius 1 is 1.26 bits per heavy atom. The number of hydrogen-bond donors (Lipinski definition) is 2. The van der Waals surface area contributed by atoms with Crippen molar-refractivity contribution in [1.29, 1.82) is 0 Å². The van der Waals surface area contributed by atoms with Gasteiger partial charge in [-0.05, 0) is 52.4 Å². The lowest BCUT2D eigenvalue weighted by Crippen LogP contribution is -2.47. The van der Waals surface area contributed by atoms with Crippen LogP contribution in [0.1, 0.15) is 52.9 Å². The van der Waals surface area contributed by atoms with Crippen LogP contribution in [0.2, 0.25) is 0 Å². The third kappa shape index (κ3) is 3.19. The molecule has 2 saturated carbocycles. The monoisotopic (exact) mass is 269 g/mol. The summed E-state index contributed by atoms with van der Waals surface area (Å²) in [6.45, 7) is 5.46. The molecule has 2 fully saturated rings. The van der Waals surface area contributed by atoms with E-state index in [0.29, 0.717) is 0 Å². The molecule has 0 bridgehead atoms. The lowest BCUT2D eigenvalue weighted by Gasteiger charge is -2.29. The first kappa shape index (κ1) is 14.2. The van der Waals surface area contributed by atoms with E-state index in [0.717, 1.165) is 32.1 Å². The lowest BCUT2D eigenvalue weighted by molar-refractivity contribution is -0.143. The number of nitrogens with one attached hydrogen (secondary N) is 1. The molecule has 2 N–H and O–H groups in total. The molecule has 1 amide bonds. The molecule has 0 aromatic carbocycles. The molecule has 2 atom stereocenters. The number of aliphatic carboxylic acids is 1. The fourth-order valence-corrected chi connectivity index (χ4v) is 3.15. The van der Waals surface area contributed by atoms with Crippen LogP contribution in [0.15, 0.2) is 0 Å². The van der Waals surface area contributed by atoms with E-state index in [4.69, 9.17) is 4.74 Å². The fourth-order valence-electron chi connectivity index (χ4n) is 3.15. The van der Waals surface area contributed by atoms with Gasteiger partial charge in [0.2, 0.25) is 0 Å². The van der Waals surface area contributed by atoms with Crippen LogP contribution in [0.25, 0.3) is 0 Å². The number of amides is 1. The van der Waals surface area contributed by atoms with Crippen molar-refractivity contribution in [2.75, 3.05) is 0 Å². The molecule has 5 nitrogen and oxygen atoms in total. The predicted octanol–water partition coefficient (Wildman–Crippen LogP) is 2.54. The van der Waals surface area contributed by atoms with Crippen molar-refractivity contribution >= 4 is 12.1 Å². The van der Waals surface area contributed by atoms with Crippen LogP contribution in [0, 0.1) is 11.8 Å². The first-order chi connectivity index (χ1) is 8.73. The van der Waals surface area contributed by atoms with Crippen molar-refractivity contribution in [3.8, 4) is 0 Å². The van der Waals surface area contributed by atoms with Crippen LogP contribution in [-0.4, -0.2) is 28.3 Å². The Kier molecular flexibility index (Phi) is 3.49. The third-order valence-electron chi connectivity index (χ3n) is 4.08. The summed E-state index contributed by atoms with van der Waals surface area (Å²) in [5.41, 5.74) is -0.857. The van der Waals surface area contributed by atoms with Gasteiger partial charge in [0.1, 0.15) is 5.60 Å². The van der Waals surface area contributed by atoms with Crippen LogP contribution in [-0.2, 0) is 9.53 Å². The van der Waals surface area contributed by atoms with Crippen LogP contribution in [0.5, 0.6) is 0 Å². The van der Waals surface area contributed by atoms with Crippen molar-refractivity contribution in [3.63, 3.8) is 0 Å². The van der Waals surface area contributed by atoms with Gasteiger partial charge in [0.05, 0.1) is 5.92 Å². The van der Waals surface area contributed by atoms with E-state index >= 15 is 0 Å². The first-order valence-corrected chi connectivity index (χ1v) is 6.97. The molecule has 0 radical (unpaired) electrons. The maximum Gasteiger partial charge on any atom is 0.408 e. The number of hydrogen-bond acceptors (Lipinski definition) is 3. The highest BCUT2D eigenvalue weighted by molar-refractivity contribution is 5.73. The van der Waals surface area contributed by atoms with E-state index in [1.807, 2.05) is 20.8 Å². The van der Waals surface area contributed by atoms with E-state index in [-0.39, 0.29) is 17.4 Å². The summed E-state index contributed by atoms with van der Waals surface area (Å²) < 4.78 is 5.27. The molecule has 0 saturated heterocycles. The fraction of sp³-hybridized carbons (Fsp3) is 0.857. The molecule has 0 heterocycles. The number of carbonyl (C=O) groups is 2. The Hall–Kier alpha value is -1.26. The Balaban J connectivity index is 1.99. The highest BCUT2D eigenvalue weighted by atomic mass is 16.6. The van der Waals surface area contributed by atoms with Crippen molar-refractivity contribution < 1.29 is 19.4 Å². The van der Waals surface area contributed by atoms with E-state index in [2.05, 4.69) is 5.32 Å². The van der Waals surface area contributed by atoms with Crippen molar-refractivity contribution in [3.05, 3.63) is 0 Å². The molecule has 2 rings (SSSR count). The second-order valence-electron chi connectivity index (χ2n) is 6.77. The second-order valence-corrected chi connectivity index (χ2v) is 6.77. The van der Waals surface area contributed by atoms with Gasteiger partial charge in [-0.3, -0.25) is 4.79 Å². The number of carboxylic acids is 1. The molecular weight excluding hydrogens is 246 g/mol. The van der Waals surface area contributed by atoms with Crippen molar-refractivity contribution in [1.82, 2.24) is 5.32 Å². The molecule has 2 unspecified atom stereocenters. The zero-order valence-corrected chi connectivity index (χ0v) is 11.9. The largest absolute Gasteiger partial charge is 0.481 e. The zero-order valence-electron chi connectivity index (χ0n) is 11.9. The van der Waals surface area contributed by atoms with Crippen LogP contribution in [0.3, 0.4) is 0 Å². The van der Waals surface area contributed by atoms with Gasteiger partial charge < -0.3 is 15.2 Å². The average Bonchev–Trinajstić information content (AvgIpc) is 2.84.